The number of para-hydroxylation sites is 2. The fourth-order valence-electron chi connectivity index (χ4n) is 3.84. The van der Waals surface area contributed by atoms with Gasteiger partial charge in [0.05, 0.1) is 13.2 Å². The van der Waals surface area contributed by atoms with Crippen molar-refractivity contribution in [1.82, 2.24) is 9.78 Å². The third-order valence-electron chi connectivity index (χ3n) is 5.75. The van der Waals surface area contributed by atoms with Gasteiger partial charge in [0, 0.05) is 6.20 Å². The van der Waals surface area contributed by atoms with Gasteiger partial charge in [0.2, 0.25) is 5.88 Å². The van der Waals surface area contributed by atoms with Gasteiger partial charge < -0.3 is 18.9 Å². The molecule has 7 nitrogen and oxygen atoms in total. The molecule has 0 atom stereocenters. The molecule has 1 heterocycles. The summed E-state index contributed by atoms with van der Waals surface area (Å²) in [6, 6.07) is 34.5. The van der Waals surface area contributed by atoms with Gasteiger partial charge in [0.25, 0.3) is 0 Å². The van der Waals surface area contributed by atoms with E-state index in [1.165, 1.54) is 0 Å². The van der Waals surface area contributed by atoms with Gasteiger partial charge in [-0.05, 0) is 66.6 Å². The number of benzene rings is 4. The highest BCUT2D eigenvalue weighted by molar-refractivity contribution is 5.91. The number of hydrogen-bond donors (Lipinski definition) is 0. The zero-order valence-electron chi connectivity index (χ0n) is 21.5. The zero-order valence-corrected chi connectivity index (χ0v) is 21.5. The maximum Gasteiger partial charge on any atom is 0.345 e. The van der Waals surface area contributed by atoms with Crippen LogP contribution in [0.3, 0.4) is 0 Å². The van der Waals surface area contributed by atoms with Crippen LogP contribution < -0.4 is 14.2 Å². The van der Waals surface area contributed by atoms with Crippen LogP contribution in [0.5, 0.6) is 28.9 Å². The Morgan fingerprint density at radius 3 is 1.74 bits per heavy atom. The SMILES string of the molecule is CCOC(=O)c1cn(Cc2ccc(Oc3ccccc3)cc2)nc1OCc1ccc(Oc2ccccc2)cc1. The van der Waals surface area contributed by atoms with Crippen molar-refractivity contribution in [2.75, 3.05) is 6.61 Å². The van der Waals surface area contributed by atoms with Crippen LogP contribution in [0.2, 0.25) is 0 Å². The molecule has 0 saturated carbocycles. The molecule has 7 heteroatoms. The van der Waals surface area contributed by atoms with Gasteiger partial charge in [-0.1, -0.05) is 60.7 Å². The van der Waals surface area contributed by atoms with Gasteiger partial charge in [0.15, 0.2) is 0 Å². The second-order valence-corrected chi connectivity index (χ2v) is 8.67. The summed E-state index contributed by atoms with van der Waals surface area (Å²) in [5, 5.41) is 4.53. The molecule has 1 aromatic heterocycles. The summed E-state index contributed by atoms with van der Waals surface area (Å²) in [5.41, 5.74) is 2.19. The van der Waals surface area contributed by atoms with Crippen LogP contribution >= 0.6 is 0 Å². The minimum atomic E-state index is -0.475. The van der Waals surface area contributed by atoms with Crippen LogP contribution in [-0.4, -0.2) is 22.4 Å². The first-order valence-corrected chi connectivity index (χ1v) is 12.7. The van der Waals surface area contributed by atoms with Crippen molar-refractivity contribution in [2.24, 2.45) is 0 Å². The Bertz CT molecular complexity index is 1480. The number of carbonyl (C=O) groups is 1. The van der Waals surface area contributed by atoms with E-state index in [0.717, 1.165) is 34.1 Å². The lowest BCUT2D eigenvalue weighted by Crippen LogP contribution is -2.06. The lowest BCUT2D eigenvalue weighted by atomic mass is 10.2. The molecule has 0 fully saturated rings. The fourth-order valence-corrected chi connectivity index (χ4v) is 3.84. The quantitative estimate of drug-likeness (QED) is 0.171. The fraction of sp³-hybridized carbons (Fsp3) is 0.125. The molecular formula is C32H28N2O5. The molecule has 0 amide bonds. The second kappa shape index (κ2) is 12.5. The molecule has 4 aromatic carbocycles. The van der Waals surface area contributed by atoms with E-state index in [2.05, 4.69) is 5.10 Å². The summed E-state index contributed by atoms with van der Waals surface area (Å²) < 4.78 is 24.6. The second-order valence-electron chi connectivity index (χ2n) is 8.67. The molecule has 5 rings (SSSR count). The number of hydrogen-bond acceptors (Lipinski definition) is 6. The first kappa shape index (κ1) is 25.6. The van der Waals surface area contributed by atoms with Gasteiger partial charge in [-0.25, -0.2) is 4.79 Å². The van der Waals surface area contributed by atoms with Gasteiger partial charge in [-0.15, -0.1) is 5.10 Å². The molecule has 5 aromatic rings. The standard InChI is InChI=1S/C32H28N2O5/c1-2-36-32(35)30-22-34(21-24-13-17-28(18-14-24)38-26-9-5-3-6-10-26)33-31(30)37-23-25-15-19-29(20-16-25)39-27-11-7-4-8-12-27/h3-20,22H,2,21,23H2,1H3. The Labute approximate surface area is 227 Å². The van der Waals surface area contributed by atoms with Crippen LogP contribution in [0.15, 0.2) is 115 Å². The highest BCUT2D eigenvalue weighted by Gasteiger charge is 2.19. The van der Waals surface area contributed by atoms with Crippen molar-refractivity contribution in [3.05, 3.63) is 132 Å². The number of aromatic nitrogens is 2. The van der Waals surface area contributed by atoms with Crippen LogP contribution in [0.1, 0.15) is 28.4 Å². The van der Waals surface area contributed by atoms with Crippen molar-refractivity contribution >= 4 is 5.97 Å². The summed E-state index contributed by atoms with van der Waals surface area (Å²) >= 11 is 0. The monoisotopic (exact) mass is 520 g/mol. The third-order valence-corrected chi connectivity index (χ3v) is 5.75. The molecule has 196 valence electrons. The van der Waals surface area contributed by atoms with Crippen molar-refractivity contribution in [1.29, 1.82) is 0 Å². The molecular weight excluding hydrogens is 492 g/mol. The van der Waals surface area contributed by atoms with E-state index in [1.807, 2.05) is 109 Å². The molecule has 0 aliphatic heterocycles. The summed E-state index contributed by atoms with van der Waals surface area (Å²) in [6.45, 7) is 2.71. The van der Waals surface area contributed by atoms with Gasteiger partial charge in [-0.3, -0.25) is 4.68 Å². The van der Waals surface area contributed by atoms with E-state index in [1.54, 1.807) is 17.8 Å². The highest BCUT2D eigenvalue weighted by atomic mass is 16.5. The predicted molar refractivity (Wildman–Crippen MR) is 148 cm³/mol. The van der Waals surface area contributed by atoms with E-state index >= 15 is 0 Å². The molecule has 39 heavy (non-hydrogen) atoms. The van der Waals surface area contributed by atoms with E-state index in [0.29, 0.717) is 6.54 Å². The van der Waals surface area contributed by atoms with Crippen molar-refractivity contribution < 1.29 is 23.7 Å². The molecule has 0 radical (unpaired) electrons. The molecule has 0 saturated heterocycles. The maximum absolute atomic E-state index is 12.6. The van der Waals surface area contributed by atoms with E-state index in [4.69, 9.17) is 18.9 Å². The van der Waals surface area contributed by atoms with Crippen molar-refractivity contribution in [3.63, 3.8) is 0 Å². The van der Waals surface area contributed by atoms with Crippen LogP contribution in [0, 0.1) is 0 Å². The predicted octanol–water partition coefficient (Wildman–Crippen LogP) is 7.27. The minimum Gasteiger partial charge on any atom is -0.471 e. The number of nitrogens with zero attached hydrogens (tertiary/aromatic N) is 2. The van der Waals surface area contributed by atoms with Crippen molar-refractivity contribution in [2.45, 2.75) is 20.1 Å². The Morgan fingerprint density at radius 1 is 0.692 bits per heavy atom. The number of rotatable bonds is 11. The normalized spacial score (nSPS) is 10.6. The molecule has 0 unspecified atom stereocenters. The first-order valence-electron chi connectivity index (χ1n) is 12.7. The Kier molecular flexibility index (Phi) is 8.19. The van der Waals surface area contributed by atoms with Crippen LogP contribution in [0.25, 0.3) is 0 Å². The van der Waals surface area contributed by atoms with E-state index in [9.17, 15) is 4.79 Å². The topological polar surface area (TPSA) is 71.8 Å². The maximum atomic E-state index is 12.6. The molecule has 0 aliphatic carbocycles. The average molecular weight is 521 g/mol. The highest BCUT2D eigenvalue weighted by Crippen LogP contribution is 2.24. The largest absolute Gasteiger partial charge is 0.471 e. The zero-order chi connectivity index (χ0) is 26.9. The summed E-state index contributed by atoms with van der Waals surface area (Å²) in [6.07, 6.45) is 1.65. The van der Waals surface area contributed by atoms with Crippen LogP contribution in [-0.2, 0) is 17.9 Å². The van der Waals surface area contributed by atoms with Crippen molar-refractivity contribution in [3.8, 4) is 28.9 Å². The first-order chi connectivity index (χ1) is 19.2. The molecule has 0 spiro atoms. The Morgan fingerprint density at radius 2 is 1.21 bits per heavy atom. The number of esters is 1. The lowest BCUT2D eigenvalue weighted by molar-refractivity contribution is 0.0521. The van der Waals surface area contributed by atoms with E-state index < -0.39 is 5.97 Å². The van der Waals surface area contributed by atoms with Crippen LogP contribution in [0.4, 0.5) is 0 Å². The lowest BCUT2D eigenvalue weighted by Gasteiger charge is -2.08. The summed E-state index contributed by atoms with van der Waals surface area (Å²) in [5.74, 6) is 2.75. The van der Waals surface area contributed by atoms with Gasteiger partial charge in [-0.2, -0.15) is 0 Å². The smallest absolute Gasteiger partial charge is 0.345 e. The van der Waals surface area contributed by atoms with Gasteiger partial charge in [0.1, 0.15) is 35.2 Å². The third kappa shape index (κ3) is 7.05. The number of carbonyl (C=O) groups excluding carboxylic acids is 1. The van der Waals surface area contributed by atoms with Gasteiger partial charge >= 0.3 is 5.97 Å². The molecule has 0 N–H and O–H groups in total. The average Bonchev–Trinajstić information content (AvgIpc) is 3.38. The Hall–Kier alpha value is -5.04. The number of ether oxygens (including phenoxy) is 4. The molecule has 0 aliphatic rings. The minimum absolute atomic E-state index is 0.224. The Balaban J connectivity index is 1.24. The van der Waals surface area contributed by atoms with E-state index in [-0.39, 0.29) is 24.7 Å². The summed E-state index contributed by atoms with van der Waals surface area (Å²) in [4.78, 5) is 12.6. The summed E-state index contributed by atoms with van der Waals surface area (Å²) in [7, 11) is 0. The molecule has 0 bridgehead atoms.